The van der Waals surface area contributed by atoms with Gasteiger partial charge in [-0.15, -0.1) is 0 Å². The Morgan fingerprint density at radius 3 is 2.06 bits per heavy atom. The standard InChI is InChI=1S/C15H29NO/c1-11-8-12(2)10-14(9-11)15(16-3)13-4-6-17-7-5-13/h11-16H,4-10H2,1-3H3. The van der Waals surface area contributed by atoms with Crippen LogP contribution in [0.5, 0.6) is 0 Å². The number of hydrogen-bond acceptors (Lipinski definition) is 2. The van der Waals surface area contributed by atoms with E-state index < -0.39 is 0 Å². The van der Waals surface area contributed by atoms with Crippen LogP contribution in [0.2, 0.25) is 0 Å². The lowest BCUT2D eigenvalue weighted by atomic mass is 9.70. The second-order valence-electron chi connectivity index (χ2n) is 6.44. The largest absolute Gasteiger partial charge is 0.381 e. The highest BCUT2D eigenvalue weighted by atomic mass is 16.5. The van der Waals surface area contributed by atoms with Gasteiger partial charge in [-0.25, -0.2) is 0 Å². The maximum Gasteiger partial charge on any atom is 0.0469 e. The molecule has 2 heteroatoms. The first kappa shape index (κ1) is 13.4. The lowest BCUT2D eigenvalue weighted by molar-refractivity contribution is 0.0358. The molecule has 0 radical (unpaired) electrons. The van der Waals surface area contributed by atoms with Gasteiger partial charge < -0.3 is 10.1 Å². The zero-order valence-electron chi connectivity index (χ0n) is 11.7. The van der Waals surface area contributed by atoms with Crippen molar-refractivity contribution in [2.45, 2.75) is 52.0 Å². The van der Waals surface area contributed by atoms with E-state index >= 15 is 0 Å². The lowest BCUT2D eigenvalue weighted by Gasteiger charge is -2.41. The van der Waals surface area contributed by atoms with Gasteiger partial charge in [0.1, 0.15) is 0 Å². The van der Waals surface area contributed by atoms with E-state index in [0.29, 0.717) is 0 Å². The van der Waals surface area contributed by atoms with E-state index in [9.17, 15) is 0 Å². The van der Waals surface area contributed by atoms with Crippen LogP contribution >= 0.6 is 0 Å². The number of ether oxygens (including phenoxy) is 1. The molecule has 3 unspecified atom stereocenters. The van der Waals surface area contributed by atoms with Gasteiger partial charge in [0.2, 0.25) is 0 Å². The van der Waals surface area contributed by atoms with Gasteiger partial charge >= 0.3 is 0 Å². The van der Waals surface area contributed by atoms with Gasteiger partial charge in [0.15, 0.2) is 0 Å². The van der Waals surface area contributed by atoms with Crippen molar-refractivity contribution >= 4 is 0 Å². The summed E-state index contributed by atoms with van der Waals surface area (Å²) in [5, 5.41) is 3.63. The van der Waals surface area contributed by atoms with Gasteiger partial charge in [-0.3, -0.25) is 0 Å². The van der Waals surface area contributed by atoms with Crippen molar-refractivity contribution in [3.63, 3.8) is 0 Å². The molecular formula is C15H29NO. The van der Waals surface area contributed by atoms with Crippen LogP contribution in [0.25, 0.3) is 0 Å². The summed E-state index contributed by atoms with van der Waals surface area (Å²) < 4.78 is 5.50. The highest BCUT2D eigenvalue weighted by Gasteiger charge is 2.34. The summed E-state index contributed by atoms with van der Waals surface area (Å²) in [4.78, 5) is 0. The third kappa shape index (κ3) is 3.45. The van der Waals surface area contributed by atoms with Gasteiger partial charge in [0.25, 0.3) is 0 Å². The minimum atomic E-state index is 0.726. The highest BCUT2D eigenvalue weighted by molar-refractivity contribution is 4.88. The fourth-order valence-electron chi connectivity index (χ4n) is 4.23. The van der Waals surface area contributed by atoms with E-state index in [1.807, 2.05) is 0 Å². The van der Waals surface area contributed by atoms with Crippen LogP contribution in [0.3, 0.4) is 0 Å². The molecule has 2 rings (SSSR count). The van der Waals surface area contributed by atoms with Crippen molar-refractivity contribution in [3.05, 3.63) is 0 Å². The molecule has 0 aromatic carbocycles. The molecule has 1 saturated carbocycles. The average Bonchev–Trinajstić information content (AvgIpc) is 2.30. The fraction of sp³-hybridized carbons (Fsp3) is 1.00. The van der Waals surface area contributed by atoms with Crippen LogP contribution in [0.1, 0.15) is 46.0 Å². The first-order valence-electron chi connectivity index (χ1n) is 7.45. The van der Waals surface area contributed by atoms with Crippen LogP contribution in [-0.2, 0) is 4.74 Å². The molecule has 0 bridgehead atoms. The molecule has 2 aliphatic rings. The van der Waals surface area contributed by atoms with Crippen LogP contribution in [-0.4, -0.2) is 26.3 Å². The molecule has 2 nitrogen and oxygen atoms in total. The van der Waals surface area contributed by atoms with E-state index in [2.05, 4.69) is 26.2 Å². The molecule has 100 valence electrons. The van der Waals surface area contributed by atoms with Crippen molar-refractivity contribution in [2.24, 2.45) is 23.7 Å². The van der Waals surface area contributed by atoms with Gasteiger partial charge in [-0.1, -0.05) is 13.8 Å². The van der Waals surface area contributed by atoms with E-state index in [4.69, 9.17) is 4.74 Å². The first-order valence-corrected chi connectivity index (χ1v) is 7.45. The molecule has 0 spiro atoms. The topological polar surface area (TPSA) is 21.3 Å². The lowest BCUT2D eigenvalue weighted by Crippen LogP contribution is -2.45. The monoisotopic (exact) mass is 239 g/mol. The quantitative estimate of drug-likeness (QED) is 0.817. The minimum absolute atomic E-state index is 0.726. The third-order valence-corrected chi connectivity index (χ3v) is 4.83. The molecule has 3 atom stereocenters. The van der Waals surface area contributed by atoms with E-state index in [1.54, 1.807) is 0 Å². The fourth-order valence-corrected chi connectivity index (χ4v) is 4.23. The molecule has 0 aromatic rings. The van der Waals surface area contributed by atoms with Crippen molar-refractivity contribution in [3.8, 4) is 0 Å². The van der Waals surface area contributed by atoms with Crippen LogP contribution in [0, 0.1) is 23.7 Å². The Kier molecular flexibility index (Phi) is 4.87. The van der Waals surface area contributed by atoms with Crippen LogP contribution in [0.4, 0.5) is 0 Å². The molecular weight excluding hydrogens is 210 g/mol. The Morgan fingerprint density at radius 2 is 1.53 bits per heavy atom. The molecule has 1 saturated heterocycles. The van der Waals surface area contributed by atoms with Gasteiger partial charge in [0.05, 0.1) is 0 Å². The number of rotatable bonds is 3. The molecule has 1 aliphatic carbocycles. The molecule has 17 heavy (non-hydrogen) atoms. The number of hydrogen-bond donors (Lipinski definition) is 1. The summed E-state index contributed by atoms with van der Waals surface area (Å²) in [7, 11) is 2.16. The average molecular weight is 239 g/mol. The summed E-state index contributed by atoms with van der Waals surface area (Å²) in [5.74, 6) is 3.57. The summed E-state index contributed by atoms with van der Waals surface area (Å²) in [5.41, 5.74) is 0. The molecule has 1 aliphatic heterocycles. The van der Waals surface area contributed by atoms with E-state index in [0.717, 1.165) is 42.9 Å². The first-order chi connectivity index (χ1) is 8.20. The third-order valence-electron chi connectivity index (χ3n) is 4.83. The molecule has 0 amide bonds. The summed E-state index contributed by atoms with van der Waals surface area (Å²) in [6.07, 6.45) is 6.79. The Labute approximate surface area is 107 Å². The van der Waals surface area contributed by atoms with Gasteiger partial charge in [-0.2, -0.15) is 0 Å². The van der Waals surface area contributed by atoms with Gasteiger partial charge in [0, 0.05) is 19.3 Å². The Hall–Kier alpha value is -0.0800. The van der Waals surface area contributed by atoms with Crippen LogP contribution in [0.15, 0.2) is 0 Å². The summed E-state index contributed by atoms with van der Waals surface area (Å²) in [6, 6.07) is 0.726. The van der Waals surface area contributed by atoms with E-state index in [1.165, 1.54) is 32.1 Å². The Morgan fingerprint density at radius 1 is 0.941 bits per heavy atom. The number of nitrogens with one attached hydrogen (secondary N) is 1. The predicted octanol–water partition coefficient (Wildman–Crippen LogP) is 3.07. The highest BCUT2D eigenvalue weighted by Crippen LogP contribution is 2.38. The smallest absolute Gasteiger partial charge is 0.0469 e. The SMILES string of the molecule is CNC(C1CCOCC1)C1CC(C)CC(C)C1. The Bertz CT molecular complexity index is 215. The van der Waals surface area contributed by atoms with Crippen molar-refractivity contribution < 1.29 is 4.74 Å². The molecule has 0 aromatic heterocycles. The second kappa shape index (κ2) is 6.19. The van der Waals surface area contributed by atoms with E-state index in [-0.39, 0.29) is 0 Å². The zero-order valence-corrected chi connectivity index (χ0v) is 11.7. The molecule has 1 heterocycles. The minimum Gasteiger partial charge on any atom is -0.381 e. The van der Waals surface area contributed by atoms with Crippen molar-refractivity contribution in [2.75, 3.05) is 20.3 Å². The van der Waals surface area contributed by atoms with Crippen molar-refractivity contribution in [1.82, 2.24) is 5.32 Å². The predicted molar refractivity (Wildman–Crippen MR) is 72.1 cm³/mol. The zero-order chi connectivity index (χ0) is 12.3. The molecule has 1 N–H and O–H groups in total. The maximum atomic E-state index is 5.50. The van der Waals surface area contributed by atoms with Crippen molar-refractivity contribution in [1.29, 1.82) is 0 Å². The maximum absolute atomic E-state index is 5.50. The normalized spacial score (nSPS) is 37.9. The van der Waals surface area contributed by atoms with Crippen LogP contribution < -0.4 is 5.32 Å². The summed E-state index contributed by atoms with van der Waals surface area (Å²) >= 11 is 0. The van der Waals surface area contributed by atoms with Gasteiger partial charge in [-0.05, 0) is 62.8 Å². The molecule has 2 fully saturated rings. The summed E-state index contributed by atoms with van der Waals surface area (Å²) in [6.45, 7) is 6.81. The second-order valence-corrected chi connectivity index (χ2v) is 6.44. The Balaban J connectivity index is 1.96.